The van der Waals surface area contributed by atoms with E-state index in [-0.39, 0.29) is 12.1 Å². The number of nitrogens with zero attached hydrogens (tertiary/aromatic N) is 3. The topological polar surface area (TPSA) is 62.7 Å². The molecule has 2 N–H and O–H groups in total. The van der Waals surface area contributed by atoms with Gasteiger partial charge in [-0.3, -0.25) is 0 Å². The average Bonchev–Trinajstić information content (AvgIpc) is 2.23. The number of hydrogen-bond donors (Lipinski definition) is 2. The first-order valence-electron chi connectivity index (χ1n) is 5.87. The zero-order valence-corrected chi connectivity index (χ0v) is 15.3. The minimum absolute atomic E-state index is 0.211. The average molecular weight is 377 g/mol. The fourth-order valence-corrected chi connectivity index (χ4v) is 3.12. The van der Waals surface area contributed by atoms with E-state index in [0.29, 0.717) is 17.1 Å². The van der Waals surface area contributed by atoms with Crippen LogP contribution in [0, 0.1) is 0 Å². The molecule has 20 heavy (non-hydrogen) atoms. The predicted molar refractivity (Wildman–Crippen MR) is 91.1 cm³/mol. The molecule has 0 saturated carbocycles. The Balaban J connectivity index is 2.90. The van der Waals surface area contributed by atoms with Gasteiger partial charge in [0.25, 0.3) is 0 Å². The highest BCUT2D eigenvalue weighted by Gasteiger charge is 2.22. The molecule has 0 atom stereocenters. The first-order valence-corrected chi connectivity index (χ1v) is 9.15. The van der Waals surface area contributed by atoms with Crippen molar-refractivity contribution in [3.63, 3.8) is 0 Å². The van der Waals surface area contributed by atoms with Crippen LogP contribution in [-0.4, -0.2) is 30.2 Å². The number of nitrogens with one attached hydrogen (secondary N) is 2. The summed E-state index contributed by atoms with van der Waals surface area (Å²) in [6.45, 7) is 8.01. The van der Waals surface area contributed by atoms with Crippen LogP contribution in [-0.2, 0) is 0 Å². The quantitative estimate of drug-likeness (QED) is 0.556. The van der Waals surface area contributed by atoms with Crippen LogP contribution in [0.5, 0.6) is 0 Å². The number of alkyl halides is 3. The molecule has 0 aliphatic heterocycles. The summed E-state index contributed by atoms with van der Waals surface area (Å²) in [6.07, 6.45) is 0. The van der Waals surface area contributed by atoms with Crippen LogP contribution in [0.15, 0.2) is 5.16 Å². The third-order valence-electron chi connectivity index (χ3n) is 1.66. The van der Waals surface area contributed by atoms with Crippen molar-refractivity contribution in [1.29, 1.82) is 0 Å². The van der Waals surface area contributed by atoms with E-state index >= 15 is 0 Å². The van der Waals surface area contributed by atoms with Gasteiger partial charge in [-0.25, -0.2) is 0 Å². The Bertz CT molecular complexity index is 411. The molecule has 0 fully saturated rings. The van der Waals surface area contributed by atoms with Crippen molar-refractivity contribution in [1.82, 2.24) is 15.0 Å². The molecule has 1 heterocycles. The third kappa shape index (κ3) is 7.83. The van der Waals surface area contributed by atoms with Crippen molar-refractivity contribution >= 4 is 68.3 Å². The molecule has 5 nitrogen and oxygen atoms in total. The molecule has 0 unspecified atom stereocenters. The first-order chi connectivity index (χ1) is 9.15. The molecule has 0 radical (unpaired) electrons. The lowest BCUT2D eigenvalue weighted by Gasteiger charge is -2.14. The maximum Gasteiger partial charge on any atom is 0.247 e. The molecule has 114 valence electrons. The van der Waals surface area contributed by atoms with Crippen LogP contribution < -0.4 is 10.6 Å². The molecule has 0 saturated heterocycles. The van der Waals surface area contributed by atoms with Gasteiger partial charge in [0.2, 0.25) is 20.2 Å². The summed E-state index contributed by atoms with van der Waals surface area (Å²) in [5.74, 6) is 0.983. The van der Waals surface area contributed by atoms with Gasteiger partial charge in [-0.2, -0.15) is 15.0 Å². The molecule has 0 aliphatic rings. The van der Waals surface area contributed by atoms with Crippen molar-refractivity contribution in [2.75, 3.05) is 10.6 Å². The highest BCUT2D eigenvalue weighted by atomic mass is 35.6. The molecule has 1 aromatic rings. The van der Waals surface area contributed by atoms with Gasteiger partial charge >= 0.3 is 0 Å². The minimum Gasteiger partial charge on any atom is -0.352 e. The highest BCUT2D eigenvalue weighted by Crippen LogP contribution is 2.48. The zero-order chi connectivity index (χ0) is 15.3. The second kappa shape index (κ2) is 7.98. The summed E-state index contributed by atoms with van der Waals surface area (Å²) < 4.78 is -1.42. The number of hydrogen-bond acceptors (Lipinski definition) is 7. The summed E-state index contributed by atoms with van der Waals surface area (Å²) in [5, 5.41) is 6.74. The van der Waals surface area contributed by atoms with Gasteiger partial charge < -0.3 is 10.6 Å². The number of rotatable bonds is 6. The maximum absolute atomic E-state index is 5.70. The van der Waals surface area contributed by atoms with Crippen LogP contribution in [0.2, 0.25) is 0 Å². The van der Waals surface area contributed by atoms with Crippen LogP contribution in [0.4, 0.5) is 11.9 Å². The van der Waals surface area contributed by atoms with Crippen molar-refractivity contribution in [3.8, 4) is 0 Å². The van der Waals surface area contributed by atoms with Gasteiger partial charge in [-0.15, -0.1) is 0 Å². The van der Waals surface area contributed by atoms with Crippen LogP contribution in [0.1, 0.15) is 27.7 Å². The molecule has 0 aromatic carbocycles. The summed E-state index contributed by atoms with van der Waals surface area (Å²) in [7, 11) is 2.23. The van der Waals surface area contributed by atoms with E-state index in [2.05, 4.69) is 25.6 Å². The molecule has 1 aromatic heterocycles. The maximum atomic E-state index is 5.70. The smallest absolute Gasteiger partial charge is 0.247 e. The van der Waals surface area contributed by atoms with E-state index in [1.54, 1.807) is 0 Å². The largest absolute Gasteiger partial charge is 0.352 e. The zero-order valence-electron chi connectivity index (χ0n) is 11.4. The van der Waals surface area contributed by atoms with E-state index in [1.807, 2.05) is 27.7 Å². The van der Waals surface area contributed by atoms with Crippen LogP contribution in [0.25, 0.3) is 0 Å². The van der Waals surface area contributed by atoms with Crippen molar-refractivity contribution in [2.24, 2.45) is 0 Å². The van der Waals surface area contributed by atoms with Gasteiger partial charge in [0.1, 0.15) is 0 Å². The second-order valence-corrected chi connectivity index (χ2v) is 9.74. The van der Waals surface area contributed by atoms with Crippen molar-refractivity contribution < 1.29 is 0 Å². The first kappa shape index (κ1) is 18.2. The Morgan fingerprint density at radius 1 is 0.900 bits per heavy atom. The lowest BCUT2D eigenvalue weighted by Crippen LogP contribution is -2.17. The van der Waals surface area contributed by atoms with Crippen LogP contribution >= 0.6 is 56.4 Å². The summed E-state index contributed by atoms with van der Waals surface area (Å²) in [6, 6.07) is 0.422. The normalized spacial score (nSPS) is 12.1. The lowest BCUT2D eigenvalue weighted by atomic mass is 10.4. The van der Waals surface area contributed by atoms with E-state index in [0.717, 1.165) is 10.8 Å². The molecule has 10 heteroatoms. The van der Waals surface area contributed by atoms with Gasteiger partial charge in [-0.05, 0) is 49.3 Å². The Morgan fingerprint density at radius 2 is 1.35 bits per heavy atom. The highest BCUT2D eigenvalue weighted by molar-refractivity contribution is 8.78. The van der Waals surface area contributed by atoms with Gasteiger partial charge in [0.15, 0.2) is 0 Å². The number of anilines is 2. The molecule has 1 rings (SSSR count). The van der Waals surface area contributed by atoms with E-state index in [9.17, 15) is 0 Å². The van der Waals surface area contributed by atoms with E-state index in [1.165, 1.54) is 10.8 Å². The Hall–Kier alpha value is 0.180. The second-order valence-electron chi connectivity index (χ2n) is 4.48. The summed E-state index contributed by atoms with van der Waals surface area (Å²) in [4.78, 5) is 12.8. The number of aromatic nitrogens is 3. The fraction of sp³-hybridized carbons (Fsp3) is 0.700. The Kier molecular flexibility index (Phi) is 7.28. The molecule has 0 amide bonds. The van der Waals surface area contributed by atoms with Crippen LogP contribution in [0.3, 0.4) is 0 Å². The van der Waals surface area contributed by atoms with Gasteiger partial charge in [0.05, 0.1) is 0 Å². The summed E-state index contributed by atoms with van der Waals surface area (Å²) in [5.41, 5.74) is 0. The number of halogens is 3. The Morgan fingerprint density at radius 3 is 1.70 bits per heavy atom. The predicted octanol–water partition coefficient (Wildman–Crippen LogP) is 4.58. The standard InChI is InChI=1S/C10H16Cl3N5S2/c1-5(2)14-7-16-8(15-6(3)4)18-9(17-7)19-20-10(11,12)13/h5-6H,1-4H3,(H2,14,15,16,17,18). The lowest BCUT2D eigenvalue weighted by molar-refractivity contribution is 0.814. The molecular weight excluding hydrogens is 361 g/mol. The van der Waals surface area contributed by atoms with Crippen molar-refractivity contribution in [2.45, 2.75) is 48.1 Å². The summed E-state index contributed by atoms with van der Waals surface area (Å²) >= 11 is 17.1. The molecule has 0 spiro atoms. The molecule has 0 bridgehead atoms. The van der Waals surface area contributed by atoms with E-state index in [4.69, 9.17) is 34.8 Å². The molecular formula is C10H16Cl3N5S2. The van der Waals surface area contributed by atoms with Gasteiger partial charge in [-0.1, -0.05) is 34.8 Å². The van der Waals surface area contributed by atoms with Gasteiger partial charge in [0, 0.05) is 12.1 Å². The SMILES string of the molecule is CC(C)Nc1nc(NC(C)C)nc(SSC(Cl)(Cl)Cl)n1. The minimum atomic E-state index is -1.42. The Labute approximate surface area is 141 Å². The molecule has 0 aliphatic carbocycles. The monoisotopic (exact) mass is 375 g/mol. The third-order valence-corrected chi connectivity index (χ3v) is 5.23. The van der Waals surface area contributed by atoms with Crippen molar-refractivity contribution in [3.05, 3.63) is 0 Å². The van der Waals surface area contributed by atoms with E-state index < -0.39 is 3.12 Å². The fourth-order valence-electron chi connectivity index (χ4n) is 1.12.